The molecule has 0 fully saturated rings. The normalized spacial score (nSPS) is 11.6. The molecule has 0 unspecified atom stereocenters. The van der Waals surface area contributed by atoms with Crippen molar-refractivity contribution < 1.29 is 9.53 Å². The maximum Gasteiger partial charge on any atom is 0.243 e. The Kier molecular flexibility index (Phi) is 7.47. The first-order chi connectivity index (χ1) is 12.5. The van der Waals surface area contributed by atoms with E-state index in [0.29, 0.717) is 19.1 Å². The van der Waals surface area contributed by atoms with Gasteiger partial charge in [-0.25, -0.2) is 4.99 Å². The van der Waals surface area contributed by atoms with Gasteiger partial charge in [-0.05, 0) is 30.5 Å². The second-order valence-electron chi connectivity index (χ2n) is 6.36. The summed E-state index contributed by atoms with van der Waals surface area (Å²) in [5.41, 5.74) is 3.69. The van der Waals surface area contributed by atoms with E-state index in [9.17, 15) is 4.79 Å². The number of carbonyl (C=O) groups excluding carboxylic acids is 1. The van der Waals surface area contributed by atoms with Crippen LogP contribution in [-0.2, 0) is 16.0 Å². The minimum Gasteiger partial charge on any atom is -0.383 e. The number of fused-ring (bicyclic) bond motifs is 1. The van der Waals surface area contributed by atoms with E-state index in [-0.39, 0.29) is 12.5 Å². The molecule has 7 heteroatoms. The third-order valence-corrected chi connectivity index (χ3v) is 4.15. The summed E-state index contributed by atoms with van der Waals surface area (Å²) in [6.07, 6.45) is 2.92. The van der Waals surface area contributed by atoms with Crippen molar-refractivity contribution in [1.29, 1.82) is 0 Å². The number of amides is 1. The number of hydrogen-bond donors (Lipinski definition) is 3. The van der Waals surface area contributed by atoms with Crippen LogP contribution < -0.4 is 10.6 Å². The van der Waals surface area contributed by atoms with Crippen molar-refractivity contribution in [3.05, 3.63) is 35.5 Å². The number of nitrogens with zero attached hydrogens (tertiary/aromatic N) is 2. The topological polar surface area (TPSA) is 81.8 Å². The molecule has 0 saturated carbocycles. The number of carbonyl (C=O) groups is 1. The van der Waals surface area contributed by atoms with Crippen molar-refractivity contribution in [3.8, 4) is 0 Å². The number of rotatable bonds is 8. The van der Waals surface area contributed by atoms with Gasteiger partial charge >= 0.3 is 0 Å². The third kappa shape index (κ3) is 5.49. The van der Waals surface area contributed by atoms with Gasteiger partial charge < -0.3 is 25.3 Å². The van der Waals surface area contributed by atoms with Gasteiger partial charge in [0, 0.05) is 51.4 Å². The minimum atomic E-state index is -0.0369. The summed E-state index contributed by atoms with van der Waals surface area (Å²) < 4.78 is 5.06. The second kappa shape index (κ2) is 9.82. The fourth-order valence-corrected chi connectivity index (χ4v) is 2.70. The lowest BCUT2D eigenvalue weighted by Crippen LogP contribution is -2.40. The Morgan fingerprint density at radius 1 is 1.27 bits per heavy atom. The van der Waals surface area contributed by atoms with Gasteiger partial charge in [0.25, 0.3) is 0 Å². The number of aliphatic imine (C=N–C) groups is 1. The number of aryl methyl sites for hydroxylation is 1. The van der Waals surface area contributed by atoms with E-state index in [1.165, 1.54) is 21.4 Å². The van der Waals surface area contributed by atoms with Crippen LogP contribution in [0.15, 0.2) is 29.4 Å². The molecule has 3 N–H and O–H groups in total. The molecule has 0 aliphatic carbocycles. The molecule has 7 nitrogen and oxygen atoms in total. The van der Waals surface area contributed by atoms with E-state index in [1.807, 2.05) is 0 Å². The molecule has 2 rings (SSSR count). The van der Waals surface area contributed by atoms with Gasteiger partial charge in [0.1, 0.15) is 6.54 Å². The van der Waals surface area contributed by atoms with Gasteiger partial charge in [-0.2, -0.15) is 0 Å². The molecule has 26 heavy (non-hydrogen) atoms. The lowest BCUT2D eigenvalue weighted by Gasteiger charge is -2.13. The van der Waals surface area contributed by atoms with E-state index in [0.717, 1.165) is 18.5 Å². The summed E-state index contributed by atoms with van der Waals surface area (Å²) in [5.74, 6) is 0.582. The number of ether oxygens (including phenoxy) is 1. The molecule has 2 aromatic rings. The predicted octanol–water partition coefficient (Wildman–Crippen LogP) is 1.29. The van der Waals surface area contributed by atoms with Crippen molar-refractivity contribution in [2.45, 2.75) is 13.3 Å². The molecule has 0 aliphatic rings. The maximum atomic E-state index is 11.8. The maximum absolute atomic E-state index is 11.8. The van der Waals surface area contributed by atoms with Crippen LogP contribution in [0.3, 0.4) is 0 Å². The average molecular weight is 359 g/mol. The van der Waals surface area contributed by atoms with E-state index < -0.39 is 0 Å². The minimum absolute atomic E-state index is 0.0369. The Morgan fingerprint density at radius 3 is 2.77 bits per heavy atom. The van der Waals surface area contributed by atoms with E-state index in [2.05, 4.69) is 51.9 Å². The van der Waals surface area contributed by atoms with Crippen LogP contribution in [0.4, 0.5) is 0 Å². The quantitative estimate of drug-likeness (QED) is 0.377. The van der Waals surface area contributed by atoms with Crippen LogP contribution in [0.1, 0.15) is 11.1 Å². The van der Waals surface area contributed by atoms with Gasteiger partial charge in [0.15, 0.2) is 5.96 Å². The largest absolute Gasteiger partial charge is 0.383 e. The Hall–Kier alpha value is -2.54. The highest BCUT2D eigenvalue weighted by Crippen LogP contribution is 2.22. The number of hydrogen-bond acceptors (Lipinski definition) is 3. The van der Waals surface area contributed by atoms with Crippen molar-refractivity contribution in [1.82, 2.24) is 20.5 Å². The highest BCUT2D eigenvalue weighted by Gasteiger charge is 2.07. The van der Waals surface area contributed by atoms with E-state index in [4.69, 9.17) is 4.74 Å². The summed E-state index contributed by atoms with van der Waals surface area (Å²) in [6, 6.07) is 6.27. The standard InChI is InChI=1S/C19H29N5O2/c1-14-6-5-7-16-18(14)15(12-22-16)8-9-20-19(21-10-11-26-4)23-13-17(25)24(2)3/h5-7,12,22H,8-11,13H2,1-4H3,(H2,20,21,23). The Balaban J connectivity index is 1.96. The van der Waals surface area contributed by atoms with E-state index in [1.54, 1.807) is 21.2 Å². The van der Waals surface area contributed by atoms with Crippen LogP contribution in [0.5, 0.6) is 0 Å². The highest BCUT2D eigenvalue weighted by molar-refractivity contribution is 5.87. The molecular weight excluding hydrogens is 330 g/mol. The average Bonchev–Trinajstić information content (AvgIpc) is 3.03. The van der Waals surface area contributed by atoms with Crippen LogP contribution >= 0.6 is 0 Å². The molecule has 0 bridgehead atoms. The lowest BCUT2D eigenvalue weighted by atomic mass is 10.1. The van der Waals surface area contributed by atoms with Crippen molar-refractivity contribution in [2.24, 2.45) is 4.99 Å². The summed E-state index contributed by atoms with van der Waals surface area (Å²) in [4.78, 5) is 21.0. The summed E-state index contributed by atoms with van der Waals surface area (Å²) in [7, 11) is 5.10. The number of guanidine groups is 1. The Bertz CT molecular complexity index is 751. The van der Waals surface area contributed by atoms with Crippen LogP contribution in [0, 0.1) is 6.92 Å². The molecule has 1 heterocycles. The SMILES string of the molecule is COCCNC(=NCC(=O)N(C)C)NCCc1c[nH]c2cccc(C)c12. The fourth-order valence-electron chi connectivity index (χ4n) is 2.70. The molecule has 1 aromatic carbocycles. The van der Waals surface area contributed by atoms with E-state index >= 15 is 0 Å². The number of benzene rings is 1. The molecule has 0 saturated heterocycles. The third-order valence-electron chi connectivity index (χ3n) is 4.15. The van der Waals surface area contributed by atoms with Crippen LogP contribution in [-0.4, -0.2) is 69.2 Å². The van der Waals surface area contributed by atoms with Crippen molar-refractivity contribution in [2.75, 3.05) is 47.4 Å². The lowest BCUT2D eigenvalue weighted by molar-refractivity contribution is -0.127. The first-order valence-electron chi connectivity index (χ1n) is 8.79. The first-order valence-corrected chi connectivity index (χ1v) is 8.79. The Labute approximate surface area is 154 Å². The molecule has 0 aliphatic heterocycles. The summed E-state index contributed by atoms with van der Waals surface area (Å²) in [5, 5.41) is 7.75. The van der Waals surface area contributed by atoms with Crippen LogP contribution in [0.25, 0.3) is 10.9 Å². The van der Waals surface area contributed by atoms with Gasteiger partial charge in [-0.3, -0.25) is 4.79 Å². The van der Waals surface area contributed by atoms with Gasteiger partial charge in [0.2, 0.25) is 5.91 Å². The van der Waals surface area contributed by atoms with Crippen molar-refractivity contribution >= 4 is 22.8 Å². The number of likely N-dealkylation sites (N-methyl/N-ethyl adjacent to an activating group) is 1. The molecule has 0 radical (unpaired) electrons. The first kappa shape index (κ1) is 19.8. The zero-order chi connectivity index (χ0) is 18.9. The van der Waals surface area contributed by atoms with Gasteiger partial charge in [-0.1, -0.05) is 12.1 Å². The molecule has 1 aromatic heterocycles. The smallest absolute Gasteiger partial charge is 0.243 e. The number of H-pyrrole nitrogens is 1. The Morgan fingerprint density at radius 2 is 2.04 bits per heavy atom. The molecular formula is C19H29N5O2. The monoisotopic (exact) mass is 359 g/mol. The molecule has 0 spiro atoms. The number of aromatic nitrogens is 1. The number of methoxy groups -OCH3 is 1. The number of nitrogens with one attached hydrogen (secondary N) is 3. The molecule has 1 amide bonds. The zero-order valence-electron chi connectivity index (χ0n) is 16.1. The molecule has 0 atom stereocenters. The second-order valence-corrected chi connectivity index (χ2v) is 6.36. The van der Waals surface area contributed by atoms with Gasteiger partial charge in [-0.15, -0.1) is 0 Å². The summed E-state index contributed by atoms with van der Waals surface area (Å²) in [6.45, 7) is 4.16. The molecule has 142 valence electrons. The fraction of sp³-hybridized carbons (Fsp3) is 0.474. The number of aromatic amines is 1. The van der Waals surface area contributed by atoms with Crippen molar-refractivity contribution in [3.63, 3.8) is 0 Å². The zero-order valence-corrected chi connectivity index (χ0v) is 16.1. The van der Waals surface area contributed by atoms with Crippen LogP contribution in [0.2, 0.25) is 0 Å². The predicted molar refractivity (Wildman–Crippen MR) is 106 cm³/mol. The summed E-state index contributed by atoms with van der Waals surface area (Å²) >= 11 is 0. The highest BCUT2D eigenvalue weighted by atomic mass is 16.5. The van der Waals surface area contributed by atoms with Gasteiger partial charge in [0.05, 0.1) is 6.61 Å².